The molecular formula is C36H46N4O5S. The van der Waals surface area contributed by atoms with Crippen molar-refractivity contribution < 1.29 is 24.2 Å². The number of carbonyl (C=O) groups is 2. The highest BCUT2D eigenvalue weighted by Crippen LogP contribution is 2.39. The highest BCUT2D eigenvalue weighted by atomic mass is 32.1. The van der Waals surface area contributed by atoms with Gasteiger partial charge in [-0.05, 0) is 111 Å². The minimum absolute atomic E-state index is 0.117. The Morgan fingerprint density at radius 2 is 1.78 bits per heavy atom. The van der Waals surface area contributed by atoms with Crippen LogP contribution in [0.5, 0.6) is 5.75 Å². The fourth-order valence-corrected chi connectivity index (χ4v) is 8.04. The Morgan fingerprint density at radius 3 is 2.43 bits per heavy atom. The third-order valence-corrected chi connectivity index (χ3v) is 11.2. The molecule has 0 atom stereocenters. The summed E-state index contributed by atoms with van der Waals surface area (Å²) in [4.78, 5) is 40.5. The van der Waals surface area contributed by atoms with E-state index in [9.17, 15) is 14.7 Å². The molecule has 9 nitrogen and oxygen atoms in total. The van der Waals surface area contributed by atoms with Gasteiger partial charge in [-0.2, -0.15) is 0 Å². The quantitative estimate of drug-likeness (QED) is 0.274. The van der Waals surface area contributed by atoms with Crippen LogP contribution in [0, 0.1) is 18.8 Å². The van der Waals surface area contributed by atoms with Crippen LogP contribution in [0.3, 0.4) is 0 Å². The summed E-state index contributed by atoms with van der Waals surface area (Å²) >= 11 is 1.68. The molecule has 2 aromatic heterocycles. The van der Waals surface area contributed by atoms with E-state index in [1.165, 1.54) is 16.0 Å². The van der Waals surface area contributed by atoms with Gasteiger partial charge in [-0.25, -0.2) is 14.8 Å². The number of rotatable bonds is 9. The molecule has 3 aliphatic rings. The van der Waals surface area contributed by atoms with Crippen LogP contribution in [0.1, 0.15) is 80.3 Å². The largest absolute Gasteiger partial charge is 0.496 e. The Balaban J connectivity index is 1.14. The van der Waals surface area contributed by atoms with Crippen LogP contribution in [0.4, 0.5) is 10.6 Å². The molecule has 6 rings (SSSR count). The first kappa shape index (κ1) is 32.4. The number of hydrogen-bond donors (Lipinski definition) is 1. The lowest BCUT2D eigenvalue weighted by atomic mass is 9.78. The number of thiazole rings is 1. The Hall–Kier alpha value is -3.50. The minimum atomic E-state index is -0.453. The Morgan fingerprint density at radius 1 is 1.02 bits per heavy atom. The van der Waals surface area contributed by atoms with Crippen LogP contribution in [-0.4, -0.2) is 70.9 Å². The highest BCUT2D eigenvalue weighted by Gasteiger charge is 2.36. The molecule has 46 heavy (non-hydrogen) atoms. The van der Waals surface area contributed by atoms with Gasteiger partial charge in [0.05, 0.1) is 36.2 Å². The highest BCUT2D eigenvalue weighted by molar-refractivity contribution is 7.15. The molecule has 2 aliphatic carbocycles. The lowest BCUT2D eigenvalue weighted by Crippen LogP contribution is -2.54. The molecule has 1 aliphatic heterocycles. The second-order valence-electron chi connectivity index (χ2n) is 13.2. The molecule has 1 aromatic carbocycles. The van der Waals surface area contributed by atoms with Gasteiger partial charge in [0.1, 0.15) is 17.7 Å². The Kier molecular flexibility index (Phi) is 10.2. The molecule has 2 amide bonds. The van der Waals surface area contributed by atoms with E-state index >= 15 is 0 Å². The molecule has 3 fully saturated rings. The number of pyridine rings is 1. The zero-order valence-electron chi connectivity index (χ0n) is 27.2. The molecule has 3 heterocycles. The first-order chi connectivity index (χ1) is 22.3. The molecule has 246 valence electrons. The summed E-state index contributed by atoms with van der Waals surface area (Å²) < 4.78 is 11.2. The van der Waals surface area contributed by atoms with Crippen molar-refractivity contribution in [2.45, 2.75) is 89.8 Å². The maximum atomic E-state index is 14.3. The number of anilines is 1. The van der Waals surface area contributed by atoms with E-state index in [1.54, 1.807) is 18.4 Å². The van der Waals surface area contributed by atoms with Crippen LogP contribution >= 0.6 is 11.3 Å². The average Bonchev–Trinajstić information content (AvgIpc) is 3.56. The molecule has 1 saturated heterocycles. The van der Waals surface area contributed by atoms with Crippen molar-refractivity contribution in [2.24, 2.45) is 11.8 Å². The third kappa shape index (κ3) is 7.39. The van der Waals surface area contributed by atoms with Crippen molar-refractivity contribution in [3.63, 3.8) is 0 Å². The van der Waals surface area contributed by atoms with E-state index in [-0.39, 0.29) is 24.0 Å². The number of benzene rings is 1. The van der Waals surface area contributed by atoms with Gasteiger partial charge in [0.25, 0.3) is 0 Å². The number of nitrogens with zero attached hydrogens (tertiary/aromatic N) is 4. The van der Waals surface area contributed by atoms with Crippen LogP contribution in [-0.2, 0) is 16.0 Å². The van der Waals surface area contributed by atoms with Gasteiger partial charge in [-0.15, -0.1) is 11.3 Å². The number of aliphatic hydroxyl groups is 1. The fourth-order valence-electron chi connectivity index (χ4n) is 7.18. The molecule has 0 unspecified atom stereocenters. The van der Waals surface area contributed by atoms with Gasteiger partial charge in [0.2, 0.25) is 5.91 Å². The number of β-amino-alcohol motifs (C(OH)–C–C–N with tert-alkyl or cyclic N) is 1. The first-order valence-electron chi connectivity index (χ1n) is 16.8. The first-order valence-corrected chi connectivity index (χ1v) is 17.6. The Bertz CT molecular complexity index is 1510. The zero-order chi connectivity index (χ0) is 32.2. The van der Waals surface area contributed by atoms with E-state index in [1.807, 2.05) is 29.4 Å². The van der Waals surface area contributed by atoms with E-state index < -0.39 is 6.10 Å². The van der Waals surface area contributed by atoms with E-state index in [2.05, 4.69) is 37.0 Å². The molecule has 0 radical (unpaired) electrons. The topological polar surface area (TPSA) is 105 Å². The maximum absolute atomic E-state index is 14.3. The summed E-state index contributed by atoms with van der Waals surface area (Å²) in [5.74, 6) is 2.51. The zero-order valence-corrected chi connectivity index (χ0v) is 28.0. The number of likely N-dealkylation sites (tertiary alicyclic amines) is 1. The molecule has 2 saturated carbocycles. The van der Waals surface area contributed by atoms with Crippen molar-refractivity contribution in [1.29, 1.82) is 0 Å². The number of aromatic nitrogens is 2. The summed E-state index contributed by atoms with van der Waals surface area (Å²) in [7, 11) is 1.71. The lowest BCUT2D eigenvalue weighted by Gasteiger charge is -2.38. The average molecular weight is 647 g/mol. The van der Waals surface area contributed by atoms with Gasteiger partial charge in [0, 0.05) is 24.9 Å². The summed E-state index contributed by atoms with van der Waals surface area (Å²) in [6.45, 7) is 5.52. The van der Waals surface area contributed by atoms with Crippen LogP contribution in [0.2, 0.25) is 0 Å². The molecular weight excluding hydrogens is 600 g/mol. The second kappa shape index (κ2) is 14.5. The SMILES string of the molecule is CCc1ncc(-c2ccnc(N(C[C@H]3CC[C@H](c4ccc(OC)c(C)c4)CC3)C(=O)[C@H]3CC[C@H](OC(=O)N4CC(O)C4)CC3)c2)s1. The number of hydrogen-bond acceptors (Lipinski definition) is 8. The molecule has 0 spiro atoms. The van der Waals surface area contributed by atoms with Gasteiger partial charge in [-0.3, -0.25) is 9.69 Å². The van der Waals surface area contributed by atoms with Gasteiger partial charge >= 0.3 is 6.09 Å². The molecule has 10 heteroatoms. The van der Waals surface area contributed by atoms with Crippen molar-refractivity contribution >= 4 is 29.2 Å². The monoisotopic (exact) mass is 646 g/mol. The van der Waals surface area contributed by atoms with E-state index in [0.29, 0.717) is 63.0 Å². The number of amides is 2. The number of methoxy groups -OCH3 is 1. The Labute approximate surface area is 276 Å². The predicted molar refractivity (Wildman–Crippen MR) is 179 cm³/mol. The standard InChI is InChI=1S/C36H46N4O5S/c1-4-34-38-19-32(46-34)28-15-16-37-33(18-28)40(20-24-5-7-25(8-6-24)27-11-14-31(44-3)23(2)17-27)35(42)26-9-12-30(13-10-26)45-36(43)39-21-29(41)22-39/h11,14-19,24-26,29-30,41H,4-10,12-13,20-22H2,1-3H3/t24-,25-,26-,30-. The molecule has 3 aromatic rings. The van der Waals surface area contributed by atoms with E-state index in [4.69, 9.17) is 14.5 Å². The number of aryl methyl sites for hydroxylation is 2. The maximum Gasteiger partial charge on any atom is 0.410 e. The summed E-state index contributed by atoms with van der Waals surface area (Å²) in [6.07, 6.45) is 10.6. The van der Waals surface area contributed by atoms with Crippen LogP contribution in [0.15, 0.2) is 42.7 Å². The van der Waals surface area contributed by atoms with Crippen molar-refractivity contribution in [3.8, 4) is 16.2 Å². The van der Waals surface area contributed by atoms with Gasteiger partial charge in [0.15, 0.2) is 0 Å². The van der Waals surface area contributed by atoms with Crippen molar-refractivity contribution in [2.75, 3.05) is 31.6 Å². The normalized spacial score (nSPS) is 23.4. The third-order valence-electron chi connectivity index (χ3n) is 10.0. The van der Waals surface area contributed by atoms with Crippen molar-refractivity contribution in [1.82, 2.24) is 14.9 Å². The molecule has 1 N–H and O–H groups in total. The molecule has 0 bridgehead atoms. The van der Waals surface area contributed by atoms with Crippen LogP contribution < -0.4 is 9.64 Å². The van der Waals surface area contributed by atoms with E-state index in [0.717, 1.165) is 53.3 Å². The number of carbonyl (C=O) groups excluding carboxylic acids is 2. The summed E-state index contributed by atoms with van der Waals surface area (Å²) in [6, 6.07) is 10.6. The van der Waals surface area contributed by atoms with Gasteiger partial charge < -0.3 is 19.5 Å². The van der Waals surface area contributed by atoms with Crippen molar-refractivity contribution in [3.05, 3.63) is 58.9 Å². The fraction of sp³-hybridized carbons (Fsp3) is 0.556. The summed E-state index contributed by atoms with van der Waals surface area (Å²) in [5.41, 5.74) is 3.57. The predicted octanol–water partition coefficient (Wildman–Crippen LogP) is 6.76. The number of ether oxygens (including phenoxy) is 2. The lowest BCUT2D eigenvalue weighted by molar-refractivity contribution is -0.124. The minimum Gasteiger partial charge on any atom is -0.496 e. The van der Waals surface area contributed by atoms with Gasteiger partial charge in [-0.1, -0.05) is 19.1 Å². The second-order valence-corrected chi connectivity index (χ2v) is 14.3. The van der Waals surface area contributed by atoms with Crippen LogP contribution in [0.25, 0.3) is 10.4 Å². The smallest absolute Gasteiger partial charge is 0.410 e. The summed E-state index contributed by atoms with van der Waals surface area (Å²) in [5, 5.41) is 10.6. The number of aliphatic hydroxyl groups excluding tert-OH is 1.